The molecule has 2 heterocycles. The van der Waals surface area contributed by atoms with E-state index in [1.54, 1.807) is 6.92 Å². The second kappa shape index (κ2) is 5.09. The summed E-state index contributed by atoms with van der Waals surface area (Å²) in [5.74, 6) is -0.548. The van der Waals surface area contributed by atoms with Crippen LogP contribution < -0.4 is 4.90 Å². The number of rotatable bonds is 3. The maximum absolute atomic E-state index is 11.5. The van der Waals surface area contributed by atoms with Crippen molar-refractivity contribution in [3.05, 3.63) is 18.0 Å². The van der Waals surface area contributed by atoms with Crippen molar-refractivity contribution in [3.63, 3.8) is 0 Å². The predicted molar refractivity (Wildman–Crippen MR) is 61.0 cm³/mol. The van der Waals surface area contributed by atoms with Crippen molar-refractivity contribution in [1.82, 2.24) is 9.97 Å². The molecule has 0 aliphatic carbocycles. The number of carbonyl (C=O) groups is 2. The summed E-state index contributed by atoms with van der Waals surface area (Å²) in [5.41, 5.74) is 0.229. The number of aromatic nitrogens is 2. The summed E-state index contributed by atoms with van der Waals surface area (Å²) < 4.78 is 4.79. The van der Waals surface area contributed by atoms with Gasteiger partial charge < -0.3 is 9.84 Å². The van der Waals surface area contributed by atoms with Crippen molar-refractivity contribution in [3.8, 4) is 0 Å². The standard InChI is InChI=1S/C11H13N3O4/c1-2-18-10(17)7-4-12-11(13-5-7)14-6-8(15)3-9(14)16/h4-5,8,15H,2-3,6H2,1H3. The average molecular weight is 251 g/mol. The fourth-order valence-electron chi connectivity index (χ4n) is 1.66. The minimum Gasteiger partial charge on any atom is -0.462 e. The Kier molecular flexibility index (Phi) is 3.52. The van der Waals surface area contributed by atoms with Gasteiger partial charge in [-0.2, -0.15) is 0 Å². The highest BCUT2D eigenvalue weighted by Gasteiger charge is 2.30. The Morgan fingerprint density at radius 1 is 1.56 bits per heavy atom. The molecule has 1 saturated heterocycles. The lowest BCUT2D eigenvalue weighted by atomic mass is 10.3. The molecule has 2 rings (SSSR count). The quantitative estimate of drug-likeness (QED) is 0.745. The van der Waals surface area contributed by atoms with Gasteiger partial charge in [-0.1, -0.05) is 0 Å². The van der Waals surface area contributed by atoms with Gasteiger partial charge in [0.25, 0.3) is 0 Å². The van der Waals surface area contributed by atoms with E-state index in [0.29, 0.717) is 0 Å². The zero-order chi connectivity index (χ0) is 13.1. The zero-order valence-corrected chi connectivity index (χ0v) is 9.87. The van der Waals surface area contributed by atoms with Crippen LogP contribution in [-0.4, -0.2) is 46.2 Å². The van der Waals surface area contributed by atoms with Gasteiger partial charge in [-0.25, -0.2) is 14.8 Å². The van der Waals surface area contributed by atoms with Gasteiger partial charge in [-0.05, 0) is 6.92 Å². The Hall–Kier alpha value is -2.02. The lowest BCUT2D eigenvalue weighted by molar-refractivity contribution is -0.117. The number of carbonyl (C=O) groups excluding carboxylic acids is 2. The first-order valence-electron chi connectivity index (χ1n) is 5.59. The molecule has 1 aromatic heterocycles. The largest absolute Gasteiger partial charge is 0.462 e. The molecular weight excluding hydrogens is 238 g/mol. The third-order valence-corrected chi connectivity index (χ3v) is 2.50. The van der Waals surface area contributed by atoms with Crippen molar-refractivity contribution in [2.45, 2.75) is 19.4 Å². The molecule has 0 radical (unpaired) electrons. The van der Waals surface area contributed by atoms with Gasteiger partial charge in [0.05, 0.1) is 31.2 Å². The van der Waals surface area contributed by atoms with E-state index in [1.807, 2.05) is 0 Å². The normalized spacial score (nSPS) is 19.1. The van der Waals surface area contributed by atoms with Gasteiger partial charge in [-0.3, -0.25) is 9.69 Å². The van der Waals surface area contributed by atoms with Crippen LogP contribution in [-0.2, 0) is 9.53 Å². The van der Waals surface area contributed by atoms with E-state index in [2.05, 4.69) is 9.97 Å². The van der Waals surface area contributed by atoms with Crippen LogP contribution in [0.15, 0.2) is 12.4 Å². The van der Waals surface area contributed by atoms with E-state index in [9.17, 15) is 14.7 Å². The molecule has 1 N–H and O–H groups in total. The monoisotopic (exact) mass is 251 g/mol. The molecular formula is C11H13N3O4. The molecule has 1 aliphatic rings. The minimum atomic E-state index is -0.689. The molecule has 96 valence electrons. The van der Waals surface area contributed by atoms with Crippen LogP contribution in [0.25, 0.3) is 0 Å². The summed E-state index contributed by atoms with van der Waals surface area (Å²) in [6, 6.07) is 0. The fraction of sp³-hybridized carbons (Fsp3) is 0.455. The van der Waals surface area contributed by atoms with Gasteiger partial charge in [0.1, 0.15) is 0 Å². The van der Waals surface area contributed by atoms with Crippen LogP contribution >= 0.6 is 0 Å². The smallest absolute Gasteiger partial charge is 0.341 e. The van der Waals surface area contributed by atoms with Crippen LogP contribution in [0, 0.1) is 0 Å². The summed E-state index contributed by atoms with van der Waals surface area (Å²) in [5, 5.41) is 9.35. The van der Waals surface area contributed by atoms with Crippen LogP contribution in [0.5, 0.6) is 0 Å². The number of hydrogen-bond acceptors (Lipinski definition) is 6. The first-order valence-corrected chi connectivity index (χ1v) is 5.59. The lowest BCUT2D eigenvalue weighted by Crippen LogP contribution is -2.27. The molecule has 0 saturated carbocycles. The van der Waals surface area contributed by atoms with E-state index in [-0.39, 0.29) is 37.0 Å². The number of hydrogen-bond donors (Lipinski definition) is 1. The molecule has 18 heavy (non-hydrogen) atoms. The van der Waals surface area contributed by atoms with Crippen LogP contribution in [0.1, 0.15) is 23.7 Å². The number of ether oxygens (including phenoxy) is 1. The highest BCUT2D eigenvalue weighted by molar-refractivity contribution is 5.94. The average Bonchev–Trinajstić information content (AvgIpc) is 2.69. The molecule has 7 heteroatoms. The second-order valence-electron chi connectivity index (χ2n) is 3.85. The van der Waals surface area contributed by atoms with Gasteiger partial charge >= 0.3 is 5.97 Å². The number of esters is 1. The Labute approximate surface area is 103 Å². The number of aliphatic hydroxyl groups excluding tert-OH is 1. The Morgan fingerprint density at radius 3 is 2.72 bits per heavy atom. The third kappa shape index (κ3) is 2.45. The third-order valence-electron chi connectivity index (χ3n) is 2.50. The SMILES string of the molecule is CCOC(=O)c1cnc(N2CC(O)CC2=O)nc1. The van der Waals surface area contributed by atoms with E-state index in [0.717, 1.165) is 0 Å². The van der Waals surface area contributed by atoms with Gasteiger partial charge in [0.2, 0.25) is 11.9 Å². The van der Waals surface area contributed by atoms with E-state index in [1.165, 1.54) is 17.3 Å². The Bertz CT molecular complexity index is 460. The van der Waals surface area contributed by atoms with Gasteiger partial charge in [0.15, 0.2) is 0 Å². The van der Waals surface area contributed by atoms with Crippen LogP contribution in [0.3, 0.4) is 0 Å². The summed E-state index contributed by atoms with van der Waals surface area (Å²) in [4.78, 5) is 32.0. The summed E-state index contributed by atoms with van der Waals surface area (Å²) >= 11 is 0. The Morgan fingerprint density at radius 2 is 2.22 bits per heavy atom. The van der Waals surface area contributed by atoms with Crippen LogP contribution in [0.2, 0.25) is 0 Å². The first-order chi connectivity index (χ1) is 8.61. The number of anilines is 1. The van der Waals surface area contributed by atoms with E-state index in [4.69, 9.17) is 4.74 Å². The van der Waals surface area contributed by atoms with E-state index >= 15 is 0 Å². The van der Waals surface area contributed by atoms with Crippen molar-refractivity contribution < 1.29 is 19.4 Å². The Balaban J connectivity index is 2.13. The molecule has 1 aliphatic heterocycles. The number of amides is 1. The highest BCUT2D eigenvalue weighted by Crippen LogP contribution is 2.17. The number of aliphatic hydroxyl groups is 1. The maximum atomic E-state index is 11.5. The molecule has 1 unspecified atom stereocenters. The van der Waals surface area contributed by atoms with Crippen LogP contribution in [0.4, 0.5) is 5.95 Å². The van der Waals surface area contributed by atoms with Crippen molar-refractivity contribution in [2.75, 3.05) is 18.1 Å². The molecule has 1 aromatic rings. The topological polar surface area (TPSA) is 92.6 Å². The van der Waals surface area contributed by atoms with E-state index < -0.39 is 12.1 Å². The molecule has 0 aromatic carbocycles. The molecule has 1 fully saturated rings. The molecule has 0 bridgehead atoms. The molecule has 7 nitrogen and oxygen atoms in total. The second-order valence-corrected chi connectivity index (χ2v) is 3.85. The summed E-state index contributed by atoms with van der Waals surface area (Å²) in [7, 11) is 0. The van der Waals surface area contributed by atoms with Crippen molar-refractivity contribution in [1.29, 1.82) is 0 Å². The van der Waals surface area contributed by atoms with Gasteiger partial charge in [-0.15, -0.1) is 0 Å². The molecule has 0 spiro atoms. The molecule has 1 atom stereocenters. The summed E-state index contributed by atoms with van der Waals surface area (Å²) in [6.45, 7) is 2.16. The first kappa shape index (κ1) is 12.4. The fourth-order valence-corrected chi connectivity index (χ4v) is 1.66. The lowest BCUT2D eigenvalue weighted by Gasteiger charge is -2.12. The van der Waals surface area contributed by atoms with Crippen molar-refractivity contribution in [2.24, 2.45) is 0 Å². The minimum absolute atomic E-state index is 0.0724. The number of β-amino-alcohol motifs (C(OH)–C–C–N with tert-alkyl or cyclic N) is 1. The van der Waals surface area contributed by atoms with Crippen molar-refractivity contribution >= 4 is 17.8 Å². The maximum Gasteiger partial charge on any atom is 0.341 e. The summed E-state index contributed by atoms with van der Waals surface area (Å²) in [6.07, 6.45) is 1.99. The zero-order valence-electron chi connectivity index (χ0n) is 9.87. The predicted octanol–water partition coefficient (Wildman–Crippen LogP) is -0.249. The highest BCUT2D eigenvalue weighted by atomic mass is 16.5. The number of nitrogens with zero attached hydrogens (tertiary/aromatic N) is 3. The molecule has 1 amide bonds. The van der Waals surface area contributed by atoms with Gasteiger partial charge in [0, 0.05) is 12.4 Å².